The Morgan fingerprint density at radius 2 is 1.74 bits per heavy atom. The number of carbonyl (C=O) groups is 1. The molecule has 2 rings (SSSR count). The molecule has 1 atom stereocenters. The van der Waals surface area contributed by atoms with Crippen molar-refractivity contribution >= 4 is 15.9 Å². The molecule has 1 unspecified atom stereocenters. The normalized spacial score (nSPS) is 26.2. The van der Waals surface area contributed by atoms with Crippen molar-refractivity contribution < 1.29 is 13.2 Å². The summed E-state index contributed by atoms with van der Waals surface area (Å²) in [5, 5.41) is 2.68. The molecule has 2 fully saturated rings. The van der Waals surface area contributed by atoms with Gasteiger partial charge >= 0.3 is 6.03 Å². The Balaban J connectivity index is 1.84. The van der Waals surface area contributed by atoms with Gasteiger partial charge in [0.25, 0.3) is 0 Å². The largest absolute Gasteiger partial charge is 0.335 e. The van der Waals surface area contributed by atoms with Gasteiger partial charge in [-0.05, 0) is 19.3 Å². The molecule has 0 aromatic heterocycles. The van der Waals surface area contributed by atoms with Crippen molar-refractivity contribution in [2.75, 3.05) is 19.3 Å². The molecule has 2 amide bonds. The first-order valence-electron chi connectivity index (χ1n) is 7.21. The number of carbonyl (C=O) groups excluding carboxylic acids is 1. The number of hydrogen-bond donors (Lipinski definition) is 1. The van der Waals surface area contributed by atoms with Crippen LogP contribution in [0.15, 0.2) is 0 Å². The summed E-state index contributed by atoms with van der Waals surface area (Å²) in [6, 6.07) is 0.185. The van der Waals surface area contributed by atoms with Crippen molar-refractivity contribution in [2.45, 2.75) is 56.2 Å². The summed E-state index contributed by atoms with van der Waals surface area (Å²) in [5.74, 6) is 0. The molecule has 1 saturated carbocycles. The SMILES string of the molecule is CS(=O)(=O)C1CCN(C(=O)NC2CCCCCC2)C1. The monoisotopic (exact) mass is 288 g/mol. The van der Waals surface area contributed by atoms with Crippen LogP contribution >= 0.6 is 0 Å². The van der Waals surface area contributed by atoms with Gasteiger partial charge < -0.3 is 10.2 Å². The molecule has 0 radical (unpaired) electrons. The highest BCUT2D eigenvalue weighted by Gasteiger charge is 2.33. The summed E-state index contributed by atoms with van der Waals surface area (Å²) < 4.78 is 23.0. The summed E-state index contributed by atoms with van der Waals surface area (Å²) in [7, 11) is -3.03. The molecule has 110 valence electrons. The highest BCUT2D eigenvalue weighted by Crippen LogP contribution is 2.19. The van der Waals surface area contributed by atoms with Crippen molar-refractivity contribution in [2.24, 2.45) is 0 Å². The van der Waals surface area contributed by atoms with Crippen LogP contribution in [0.5, 0.6) is 0 Å². The zero-order chi connectivity index (χ0) is 13.9. The first-order chi connectivity index (χ1) is 8.97. The minimum absolute atomic E-state index is 0.0851. The van der Waals surface area contributed by atoms with Crippen LogP contribution in [0.25, 0.3) is 0 Å². The van der Waals surface area contributed by atoms with Crippen LogP contribution in [-0.4, -0.2) is 50.0 Å². The van der Waals surface area contributed by atoms with E-state index in [9.17, 15) is 13.2 Å². The van der Waals surface area contributed by atoms with E-state index in [1.165, 1.54) is 31.9 Å². The fraction of sp³-hybridized carbons (Fsp3) is 0.923. The van der Waals surface area contributed by atoms with E-state index in [1.807, 2.05) is 0 Å². The van der Waals surface area contributed by atoms with E-state index in [4.69, 9.17) is 0 Å². The lowest BCUT2D eigenvalue weighted by Gasteiger charge is -2.22. The number of urea groups is 1. The number of nitrogens with one attached hydrogen (secondary N) is 1. The summed E-state index contributed by atoms with van der Waals surface area (Å²) in [6.07, 6.45) is 8.79. The molecule has 19 heavy (non-hydrogen) atoms. The van der Waals surface area contributed by atoms with Crippen molar-refractivity contribution in [3.05, 3.63) is 0 Å². The van der Waals surface area contributed by atoms with Gasteiger partial charge in [0.2, 0.25) is 0 Å². The third-order valence-electron chi connectivity index (χ3n) is 4.22. The Morgan fingerprint density at radius 1 is 1.11 bits per heavy atom. The summed E-state index contributed by atoms with van der Waals surface area (Å²) >= 11 is 0. The second-order valence-corrected chi connectivity index (χ2v) is 8.15. The van der Waals surface area contributed by atoms with E-state index >= 15 is 0 Å². The molecular weight excluding hydrogens is 264 g/mol. The highest BCUT2D eigenvalue weighted by molar-refractivity contribution is 7.91. The van der Waals surface area contributed by atoms with Crippen LogP contribution in [0.4, 0.5) is 4.79 Å². The lowest BCUT2D eigenvalue weighted by Crippen LogP contribution is -2.44. The van der Waals surface area contributed by atoms with E-state index in [0.29, 0.717) is 19.5 Å². The predicted molar refractivity (Wildman–Crippen MR) is 74.8 cm³/mol. The summed E-state index contributed by atoms with van der Waals surface area (Å²) in [4.78, 5) is 13.8. The standard InChI is InChI=1S/C13H24N2O3S/c1-19(17,18)12-8-9-15(10-12)13(16)14-11-6-4-2-3-5-7-11/h11-12H,2-10H2,1H3,(H,14,16). The van der Waals surface area contributed by atoms with Crippen molar-refractivity contribution in [1.82, 2.24) is 10.2 Å². The third kappa shape index (κ3) is 4.09. The van der Waals surface area contributed by atoms with Crippen molar-refractivity contribution in [3.63, 3.8) is 0 Å². The first-order valence-corrected chi connectivity index (χ1v) is 9.16. The number of nitrogens with zero attached hydrogens (tertiary/aromatic N) is 1. The van der Waals surface area contributed by atoms with Gasteiger partial charge in [-0.1, -0.05) is 25.7 Å². The van der Waals surface area contributed by atoms with Gasteiger partial charge in [-0.2, -0.15) is 0 Å². The second kappa shape index (κ2) is 6.11. The van der Waals surface area contributed by atoms with Crippen LogP contribution in [0.3, 0.4) is 0 Å². The molecule has 1 saturated heterocycles. The predicted octanol–water partition coefficient (Wildman–Crippen LogP) is 1.54. The Bertz CT molecular complexity index is 414. The lowest BCUT2D eigenvalue weighted by atomic mass is 10.1. The van der Waals surface area contributed by atoms with Crippen LogP contribution in [-0.2, 0) is 9.84 Å². The second-order valence-electron chi connectivity index (χ2n) is 5.82. The lowest BCUT2D eigenvalue weighted by molar-refractivity contribution is 0.203. The number of amides is 2. The molecule has 1 aliphatic carbocycles. The number of hydrogen-bond acceptors (Lipinski definition) is 3. The van der Waals surface area contributed by atoms with Gasteiger partial charge in [0.05, 0.1) is 5.25 Å². The quantitative estimate of drug-likeness (QED) is 0.784. The maximum absolute atomic E-state index is 12.1. The highest BCUT2D eigenvalue weighted by atomic mass is 32.2. The average molecular weight is 288 g/mol. The van der Waals surface area contributed by atoms with E-state index in [1.54, 1.807) is 4.90 Å². The van der Waals surface area contributed by atoms with E-state index < -0.39 is 9.84 Å². The molecule has 2 aliphatic rings. The molecule has 0 aromatic rings. The van der Waals surface area contributed by atoms with Gasteiger partial charge in [-0.3, -0.25) is 0 Å². The fourth-order valence-corrected chi connectivity index (χ4v) is 3.94. The Labute approximate surface area is 115 Å². The van der Waals surface area contributed by atoms with Gasteiger partial charge in [0, 0.05) is 25.4 Å². The van der Waals surface area contributed by atoms with Crippen molar-refractivity contribution in [3.8, 4) is 0 Å². The summed E-state index contributed by atoms with van der Waals surface area (Å²) in [6.45, 7) is 0.897. The van der Waals surface area contributed by atoms with E-state index in [2.05, 4.69) is 5.32 Å². The van der Waals surface area contributed by atoms with Crippen LogP contribution in [0.1, 0.15) is 44.9 Å². The first kappa shape index (κ1) is 14.6. The third-order valence-corrected chi connectivity index (χ3v) is 5.82. The van der Waals surface area contributed by atoms with Gasteiger partial charge in [-0.25, -0.2) is 13.2 Å². The smallest absolute Gasteiger partial charge is 0.317 e. The Hall–Kier alpha value is -0.780. The Morgan fingerprint density at radius 3 is 2.26 bits per heavy atom. The van der Waals surface area contributed by atoms with Crippen LogP contribution in [0, 0.1) is 0 Å². The molecule has 0 bridgehead atoms. The van der Waals surface area contributed by atoms with Gasteiger partial charge in [-0.15, -0.1) is 0 Å². The van der Waals surface area contributed by atoms with Crippen molar-refractivity contribution in [1.29, 1.82) is 0 Å². The molecule has 1 aliphatic heterocycles. The number of likely N-dealkylation sites (tertiary alicyclic amines) is 1. The van der Waals surface area contributed by atoms with E-state index in [-0.39, 0.29) is 17.3 Å². The molecule has 0 spiro atoms. The maximum atomic E-state index is 12.1. The molecule has 1 N–H and O–H groups in total. The minimum Gasteiger partial charge on any atom is -0.335 e. The minimum atomic E-state index is -3.03. The number of sulfone groups is 1. The zero-order valence-corrected chi connectivity index (χ0v) is 12.4. The van der Waals surface area contributed by atoms with Gasteiger partial charge in [0.1, 0.15) is 0 Å². The van der Waals surface area contributed by atoms with Gasteiger partial charge in [0.15, 0.2) is 9.84 Å². The van der Waals surface area contributed by atoms with Crippen LogP contribution in [0.2, 0.25) is 0 Å². The number of rotatable bonds is 2. The topological polar surface area (TPSA) is 66.5 Å². The molecule has 1 heterocycles. The maximum Gasteiger partial charge on any atom is 0.317 e. The molecule has 5 nitrogen and oxygen atoms in total. The van der Waals surface area contributed by atoms with Crippen LogP contribution < -0.4 is 5.32 Å². The fourth-order valence-electron chi connectivity index (χ4n) is 2.95. The molecular formula is C13H24N2O3S. The summed E-state index contributed by atoms with van der Waals surface area (Å²) in [5.41, 5.74) is 0. The zero-order valence-electron chi connectivity index (χ0n) is 11.6. The molecule has 0 aromatic carbocycles. The molecule has 6 heteroatoms. The van der Waals surface area contributed by atoms with E-state index in [0.717, 1.165) is 12.8 Å². The average Bonchev–Trinajstić information content (AvgIpc) is 2.70. The Kier molecular flexibility index (Phi) is 4.71.